The van der Waals surface area contributed by atoms with E-state index in [2.05, 4.69) is 10.3 Å². The molecule has 0 bridgehead atoms. The molecule has 122 valence electrons. The summed E-state index contributed by atoms with van der Waals surface area (Å²) in [5.74, 6) is 1.28. The van der Waals surface area contributed by atoms with Gasteiger partial charge in [0.25, 0.3) is 0 Å². The standard InChI is InChI=1S/C15H24N4O2S/c1-15(2,3)8-13(20)19-11-22-9-12(19)14(21)17-5-7-18-6-4-16-10-18/h4,6,10,12H,5,7-9,11H2,1-3H3,(H,17,21)/t12-/m0/s1. The predicted molar refractivity (Wildman–Crippen MR) is 87.3 cm³/mol. The number of aromatic nitrogens is 2. The van der Waals surface area contributed by atoms with Crippen molar-refractivity contribution in [2.75, 3.05) is 18.2 Å². The molecule has 0 saturated carbocycles. The first-order valence-electron chi connectivity index (χ1n) is 7.47. The Kier molecular flexibility index (Phi) is 5.50. The van der Waals surface area contributed by atoms with Crippen molar-refractivity contribution in [3.63, 3.8) is 0 Å². The summed E-state index contributed by atoms with van der Waals surface area (Å²) in [5.41, 5.74) is -0.0627. The van der Waals surface area contributed by atoms with Crippen molar-refractivity contribution in [1.82, 2.24) is 19.8 Å². The van der Waals surface area contributed by atoms with E-state index < -0.39 is 0 Å². The Labute approximate surface area is 135 Å². The first-order chi connectivity index (χ1) is 10.4. The largest absolute Gasteiger partial charge is 0.352 e. The lowest BCUT2D eigenvalue weighted by molar-refractivity contribution is -0.139. The molecule has 22 heavy (non-hydrogen) atoms. The van der Waals surface area contributed by atoms with Crippen molar-refractivity contribution in [3.05, 3.63) is 18.7 Å². The number of hydrogen-bond donors (Lipinski definition) is 1. The molecule has 0 radical (unpaired) electrons. The summed E-state index contributed by atoms with van der Waals surface area (Å²) >= 11 is 1.63. The van der Waals surface area contributed by atoms with Gasteiger partial charge < -0.3 is 14.8 Å². The van der Waals surface area contributed by atoms with E-state index in [1.54, 1.807) is 29.2 Å². The molecule has 1 aromatic rings. The van der Waals surface area contributed by atoms with Gasteiger partial charge in [0.15, 0.2) is 0 Å². The number of carbonyl (C=O) groups is 2. The molecule has 2 rings (SSSR count). The lowest BCUT2D eigenvalue weighted by Gasteiger charge is -2.26. The average Bonchev–Trinajstić information content (AvgIpc) is 3.07. The molecule has 1 N–H and O–H groups in total. The summed E-state index contributed by atoms with van der Waals surface area (Å²) in [7, 11) is 0. The van der Waals surface area contributed by atoms with Gasteiger partial charge in [-0.1, -0.05) is 20.8 Å². The summed E-state index contributed by atoms with van der Waals surface area (Å²) in [5, 5.41) is 2.92. The number of imidazole rings is 1. The Morgan fingerprint density at radius 1 is 1.41 bits per heavy atom. The Hall–Kier alpha value is -1.50. The van der Waals surface area contributed by atoms with E-state index in [1.165, 1.54) is 0 Å². The second-order valence-electron chi connectivity index (χ2n) is 6.71. The summed E-state index contributed by atoms with van der Waals surface area (Å²) in [4.78, 5) is 30.3. The van der Waals surface area contributed by atoms with Gasteiger partial charge in [0.05, 0.1) is 12.2 Å². The zero-order chi connectivity index (χ0) is 16.2. The fraction of sp³-hybridized carbons (Fsp3) is 0.667. The highest BCUT2D eigenvalue weighted by molar-refractivity contribution is 7.99. The van der Waals surface area contributed by atoms with Crippen molar-refractivity contribution in [2.24, 2.45) is 5.41 Å². The molecule has 2 amide bonds. The third-order valence-corrected chi connectivity index (χ3v) is 4.43. The maximum Gasteiger partial charge on any atom is 0.243 e. The maximum atomic E-state index is 12.4. The first-order valence-corrected chi connectivity index (χ1v) is 8.63. The summed E-state index contributed by atoms with van der Waals surface area (Å²) in [6, 6.07) is -0.345. The van der Waals surface area contributed by atoms with Crippen molar-refractivity contribution in [1.29, 1.82) is 0 Å². The van der Waals surface area contributed by atoms with Gasteiger partial charge >= 0.3 is 0 Å². The topological polar surface area (TPSA) is 67.2 Å². The minimum Gasteiger partial charge on any atom is -0.352 e. The lowest BCUT2D eigenvalue weighted by Crippen LogP contribution is -2.48. The van der Waals surface area contributed by atoms with Crippen LogP contribution in [-0.2, 0) is 16.1 Å². The fourth-order valence-electron chi connectivity index (χ4n) is 2.31. The van der Waals surface area contributed by atoms with Gasteiger partial charge in [0.1, 0.15) is 6.04 Å². The van der Waals surface area contributed by atoms with Crippen LogP contribution in [0.4, 0.5) is 0 Å². The summed E-state index contributed by atoms with van der Waals surface area (Å²) in [6.07, 6.45) is 5.75. The van der Waals surface area contributed by atoms with Crippen molar-refractivity contribution >= 4 is 23.6 Å². The minimum atomic E-state index is -0.345. The van der Waals surface area contributed by atoms with Crippen LogP contribution >= 0.6 is 11.8 Å². The van der Waals surface area contributed by atoms with Crippen LogP contribution in [0.2, 0.25) is 0 Å². The Morgan fingerprint density at radius 3 is 2.82 bits per heavy atom. The van der Waals surface area contributed by atoms with E-state index in [0.717, 1.165) is 0 Å². The number of amides is 2. The number of nitrogens with zero attached hydrogens (tertiary/aromatic N) is 3. The molecule has 1 fully saturated rings. The molecule has 1 aliphatic heterocycles. The van der Waals surface area contributed by atoms with E-state index in [-0.39, 0.29) is 23.3 Å². The normalized spacial score (nSPS) is 18.5. The molecule has 0 aliphatic carbocycles. The number of carbonyl (C=O) groups excluding carboxylic acids is 2. The number of thioether (sulfide) groups is 1. The van der Waals surface area contributed by atoms with Gasteiger partial charge in [-0.3, -0.25) is 9.59 Å². The predicted octanol–water partition coefficient (Wildman–Crippen LogP) is 1.34. The van der Waals surface area contributed by atoms with Crippen LogP contribution in [0.1, 0.15) is 27.2 Å². The quantitative estimate of drug-likeness (QED) is 0.887. The SMILES string of the molecule is CC(C)(C)CC(=O)N1CSC[C@H]1C(=O)NCCn1ccnc1. The van der Waals surface area contributed by atoms with Crippen molar-refractivity contribution in [2.45, 2.75) is 39.8 Å². The van der Waals surface area contributed by atoms with Gasteiger partial charge in [-0.2, -0.15) is 0 Å². The van der Waals surface area contributed by atoms with Crippen LogP contribution in [0.25, 0.3) is 0 Å². The molecule has 6 nitrogen and oxygen atoms in total. The number of nitrogens with one attached hydrogen (secondary N) is 1. The van der Waals surface area contributed by atoms with E-state index >= 15 is 0 Å². The zero-order valence-electron chi connectivity index (χ0n) is 13.4. The molecule has 7 heteroatoms. The Morgan fingerprint density at radius 2 is 2.18 bits per heavy atom. The molecule has 0 unspecified atom stereocenters. The highest BCUT2D eigenvalue weighted by Gasteiger charge is 2.35. The molecule has 1 aromatic heterocycles. The number of rotatable bonds is 5. The van der Waals surface area contributed by atoms with Gasteiger partial charge in [-0.25, -0.2) is 4.98 Å². The zero-order valence-corrected chi connectivity index (χ0v) is 14.2. The van der Waals surface area contributed by atoms with Gasteiger partial charge in [0.2, 0.25) is 11.8 Å². The highest BCUT2D eigenvalue weighted by Crippen LogP contribution is 2.26. The molecule has 0 aromatic carbocycles. The highest BCUT2D eigenvalue weighted by atomic mass is 32.2. The monoisotopic (exact) mass is 324 g/mol. The van der Waals surface area contributed by atoms with E-state index in [0.29, 0.717) is 31.1 Å². The third-order valence-electron chi connectivity index (χ3n) is 3.42. The van der Waals surface area contributed by atoms with E-state index in [4.69, 9.17) is 0 Å². The Bertz CT molecular complexity index is 510. The molecular weight excluding hydrogens is 300 g/mol. The smallest absolute Gasteiger partial charge is 0.243 e. The van der Waals surface area contributed by atoms with Crippen LogP contribution in [0.3, 0.4) is 0 Å². The lowest BCUT2D eigenvalue weighted by atomic mass is 9.91. The molecular formula is C15H24N4O2S. The maximum absolute atomic E-state index is 12.4. The van der Waals surface area contributed by atoms with Crippen LogP contribution in [0.15, 0.2) is 18.7 Å². The van der Waals surface area contributed by atoms with Crippen molar-refractivity contribution in [3.8, 4) is 0 Å². The van der Waals surface area contributed by atoms with E-state index in [1.807, 2.05) is 31.5 Å². The summed E-state index contributed by atoms with van der Waals surface area (Å²) < 4.78 is 1.91. The molecule has 2 heterocycles. The van der Waals surface area contributed by atoms with Crippen LogP contribution in [0, 0.1) is 5.41 Å². The number of hydrogen-bond acceptors (Lipinski definition) is 4. The second kappa shape index (κ2) is 7.17. The summed E-state index contributed by atoms with van der Waals surface area (Å²) in [6.45, 7) is 7.33. The van der Waals surface area contributed by atoms with Crippen LogP contribution in [0.5, 0.6) is 0 Å². The molecule has 1 saturated heterocycles. The van der Waals surface area contributed by atoms with Crippen LogP contribution in [-0.4, -0.2) is 50.5 Å². The average molecular weight is 324 g/mol. The van der Waals surface area contributed by atoms with Gasteiger partial charge in [0, 0.05) is 37.7 Å². The van der Waals surface area contributed by atoms with Gasteiger partial charge in [-0.15, -0.1) is 11.8 Å². The molecule has 1 atom stereocenters. The minimum absolute atomic E-state index is 0.0623. The third kappa shape index (κ3) is 4.76. The second-order valence-corrected chi connectivity index (χ2v) is 7.71. The Balaban J connectivity index is 1.84. The van der Waals surface area contributed by atoms with Gasteiger partial charge in [-0.05, 0) is 5.41 Å². The fourth-order valence-corrected chi connectivity index (χ4v) is 3.49. The van der Waals surface area contributed by atoms with Crippen molar-refractivity contribution < 1.29 is 9.59 Å². The molecule has 0 spiro atoms. The molecule has 1 aliphatic rings. The first kappa shape index (κ1) is 16.9. The van der Waals surface area contributed by atoms with E-state index in [9.17, 15) is 9.59 Å². The van der Waals surface area contributed by atoms with Crippen LogP contribution < -0.4 is 5.32 Å².